The number of rotatable bonds is 3. The fraction of sp³-hybridized carbons (Fsp3) is 0.462. The van der Waals surface area contributed by atoms with Gasteiger partial charge in [0.2, 0.25) is 5.78 Å². The summed E-state index contributed by atoms with van der Waals surface area (Å²) in [6.45, 7) is 6.95. The third-order valence-corrected chi connectivity index (χ3v) is 7.49. The predicted octanol–water partition coefficient (Wildman–Crippen LogP) is 3.38. The molecule has 0 radical (unpaired) electrons. The second-order valence-electron chi connectivity index (χ2n) is 9.49. The lowest BCUT2D eigenvalue weighted by molar-refractivity contribution is -0.165. The monoisotopic (exact) mass is 436 g/mol. The molecule has 2 N–H and O–H groups in total. The van der Waals surface area contributed by atoms with Crippen molar-refractivity contribution in [3.8, 4) is 5.75 Å². The van der Waals surface area contributed by atoms with E-state index >= 15 is 0 Å². The highest BCUT2D eigenvalue weighted by atomic mass is 16.3. The van der Waals surface area contributed by atoms with Crippen LogP contribution in [-0.4, -0.2) is 38.9 Å². The van der Waals surface area contributed by atoms with Gasteiger partial charge in [0.1, 0.15) is 5.75 Å². The lowest BCUT2D eigenvalue weighted by Gasteiger charge is -2.48. The van der Waals surface area contributed by atoms with Crippen molar-refractivity contribution in [1.82, 2.24) is 0 Å². The van der Waals surface area contributed by atoms with Crippen LogP contribution in [-0.2, 0) is 20.8 Å². The first-order valence-electron chi connectivity index (χ1n) is 11.1. The van der Waals surface area contributed by atoms with E-state index in [0.717, 1.165) is 17.6 Å². The van der Waals surface area contributed by atoms with Crippen LogP contribution in [0.15, 0.2) is 28.9 Å². The van der Waals surface area contributed by atoms with Gasteiger partial charge in [-0.05, 0) is 69.6 Å². The Labute approximate surface area is 187 Å². The van der Waals surface area contributed by atoms with Gasteiger partial charge in [0.05, 0.1) is 17.1 Å². The molecule has 0 spiro atoms. The Bertz CT molecular complexity index is 1140. The molecule has 0 saturated heterocycles. The van der Waals surface area contributed by atoms with Crippen LogP contribution in [0.4, 0.5) is 0 Å². The maximum absolute atomic E-state index is 13.5. The number of fused-ring (bicyclic) bond motifs is 3. The average molecular weight is 437 g/mol. The second-order valence-corrected chi connectivity index (χ2v) is 9.49. The van der Waals surface area contributed by atoms with Crippen molar-refractivity contribution in [3.63, 3.8) is 0 Å². The fourth-order valence-corrected chi connectivity index (χ4v) is 5.77. The van der Waals surface area contributed by atoms with Crippen LogP contribution in [0.3, 0.4) is 0 Å². The molecule has 4 unspecified atom stereocenters. The van der Waals surface area contributed by atoms with Crippen molar-refractivity contribution < 1.29 is 29.4 Å². The second kappa shape index (κ2) is 7.62. The highest BCUT2D eigenvalue weighted by Gasteiger charge is 2.63. The summed E-state index contributed by atoms with van der Waals surface area (Å²) in [5.41, 5.74) is 0.835. The Morgan fingerprint density at radius 3 is 2.50 bits per heavy atom. The standard InChI is InChI=1S/C26H28O6/c1-5-12(2)8-15-6-7-19(28)22-18(15)11-16-10-17-9-13(3)20(14(4)27)24(30)26(17,32)25(31)21(16)23(22)29/h6-8,16-17,21,28,32H,5,9-11H2,1-4H3/b12-8+. The van der Waals surface area contributed by atoms with E-state index in [9.17, 15) is 29.4 Å². The van der Waals surface area contributed by atoms with Crippen LogP contribution < -0.4 is 0 Å². The van der Waals surface area contributed by atoms with Gasteiger partial charge in [-0.2, -0.15) is 0 Å². The smallest absolute Gasteiger partial charge is 0.205 e. The zero-order chi connectivity index (χ0) is 23.5. The summed E-state index contributed by atoms with van der Waals surface area (Å²) < 4.78 is 0. The molecule has 6 nitrogen and oxygen atoms in total. The van der Waals surface area contributed by atoms with Gasteiger partial charge in [-0.25, -0.2) is 0 Å². The molecular weight excluding hydrogens is 408 g/mol. The van der Waals surface area contributed by atoms with E-state index in [-0.39, 0.29) is 29.2 Å². The number of carbonyl (C=O) groups is 4. The summed E-state index contributed by atoms with van der Waals surface area (Å²) in [5, 5.41) is 21.8. The number of phenolic OH excluding ortho intramolecular Hbond substituents is 1. The van der Waals surface area contributed by atoms with Gasteiger partial charge in [-0.3, -0.25) is 19.2 Å². The number of hydrogen-bond acceptors (Lipinski definition) is 6. The van der Waals surface area contributed by atoms with Crippen LogP contribution in [0.1, 0.15) is 68.4 Å². The number of phenols is 1. The minimum absolute atomic E-state index is 0.0982. The highest BCUT2D eigenvalue weighted by Crippen LogP contribution is 2.51. The van der Waals surface area contributed by atoms with E-state index in [1.807, 2.05) is 19.9 Å². The molecule has 6 heteroatoms. The number of benzene rings is 1. The van der Waals surface area contributed by atoms with Gasteiger partial charge in [0.25, 0.3) is 0 Å². The number of allylic oxidation sites excluding steroid dienone is 2. The van der Waals surface area contributed by atoms with E-state index < -0.39 is 40.6 Å². The average Bonchev–Trinajstić information content (AvgIpc) is 2.72. The molecule has 0 aromatic heterocycles. The molecule has 1 saturated carbocycles. The lowest BCUT2D eigenvalue weighted by atomic mass is 9.54. The highest BCUT2D eigenvalue weighted by molar-refractivity contribution is 6.32. The van der Waals surface area contributed by atoms with Crippen LogP contribution in [0.5, 0.6) is 5.75 Å². The summed E-state index contributed by atoms with van der Waals surface area (Å²) in [6, 6.07) is 3.22. The molecule has 1 aromatic rings. The Kier molecular flexibility index (Phi) is 5.32. The number of ketones is 4. The molecule has 1 aromatic carbocycles. The Morgan fingerprint density at radius 1 is 1.19 bits per heavy atom. The first kappa shape index (κ1) is 22.3. The van der Waals surface area contributed by atoms with Gasteiger partial charge in [-0.1, -0.05) is 30.2 Å². The zero-order valence-corrected chi connectivity index (χ0v) is 18.8. The molecule has 1 fully saturated rings. The van der Waals surface area contributed by atoms with Crippen molar-refractivity contribution in [2.45, 2.75) is 59.0 Å². The molecule has 32 heavy (non-hydrogen) atoms. The Morgan fingerprint density at radius 2 is 1.88 bits per heavy atom. The third kappa shape index (κ3) is 3.04. The van der Waals surface area contributed by atoms with Crippen molar-refractivity contribution in [2.75, 3.05) is 0 Å². The third-order valence-electron chi connectivity index (χ3n) is 7.49. The van der Waals surface area contributed by atoms with Crippen LogP contribution in [0.25, 0.3) is 6.08 Å². The lowest BCUT2D eigenvalue weighted by Crippen LogP contribution is -2.64. The molecule has 0 heterocycles. The largest absolute Gasteiger partial charge is 0.507 e. The van der Waals surface area contributed by atoms with E-state index in [1.54, 1.807) is 13.0 Å². The van der Waals surface area contributed by atoms with Crippen molar-refractivity contribution >= 4 is 29.2 Å². The summed E-state index contributed by atoms with van der Waals surface area (Å²) >= 11 is 0. The maximum atomic E-state index is 13.5. The van der Waals surface area contributed by atoms with E-state index in [2.05, 4.69) is 0 Å². The Balaban J connectivity index is 1.83. The van der Waals surface area contributed by atoms with Crippen LogP contribution in [0.2, 0.25) is 0 Å². The fourth-order valence-electron chi connectivity index (χ4n) is 5.77. The van der Waals surface area contributed by atoms with E-state index in [4.69, 9.17) is 0 Å². The van der Waals surface area contributed by atoms with E-state index in [1.165, 1.54) is 13.0 Å². The molecule has 3 aliphatic carbocycles. The number of aliphatic hydroxyl groups is 1. The molecule has 4 atom stereocenters. The van der Waals surface area contributed by atoms with Crippen molar-refractivity contribution in [2.24, 2.45) is 17.8 Å². The van der Waals surface area contributed by atoms with Gasteiger partial charge >= 0.3 is 0 Å². The summed E-state index contributed by atoms with van der Waals surface area (Å²) in [4.78, 5) is 52.2. The Hall–Kier alpha value is -2.86. The molecular formula is C26H28O6. The molecule has 168 valence electrons. The van der Waals surface area contributed by atoms with Gasteiger partial charge in [-0.15, -0.1) is 0 Å². The van der Waals surface area contributed by atoms with E-state index in [0.29, 0.717) is 24.0 Å². The van der Waals surface area contributed by atoms with Crippen molar-refractivity contribution in [3.05, 3.63) is 45.5 Å². The SMILES string of the molecule is CC/C(C)=C/c1ccc(O)c2c1CC1CC3CC(C)=C(C(C)=O)C(=O)C3(O)C(=O)C1C2=O. The summed E-state index contributed by atoms with van der Waals surface area (Å²) in [6.07, 6.45) is 3.81. The molecule has 0 aliphatic heterocycles. The predicted molar refractivity (Wildman–Crippen MR) is 118 cm³/mol. The maximum Gasteiger partial charge on any atom is 0.205 e. The van der Waals surface area contributed by atoms with Gasteiger partial charge < -0.3 is 10.2 Å². The molecule has 0 amide bonds. The topological polar surface area (TPSA) is 109 Å². The van der Waals surface area contributed by atoms with Crippen LogP contribution >= 0.6 is 0 Å². The molecule has 3 aliphatic rings. The number of hydrogen-bond donors (Lipinski definition) is 2. The number of carbonyl (C=O) groups excluding carboxylic acids is 4. The first-order valence-corrected chi connectivity index (χ1v) is 11.1. The first-order chi connectivity index (χ1) is 15.0. The normalized spacial score (nSPS) is 30.1. The van der Waals surface area contributed by atoms with Gasteiger partial charge in [0.15, 0.2) is 23.0 Å². The minimum Gasteiger partial charge on any atom is -0.507 e. The summed E-state index contributed by atoms with van der Waals surface area (Å²) in [7, 11) is 0. The zero-order valence-electron chi connectivity index (χ0n) is 18.8. The molecule has 4 rings (SSSR count). The number of aromatic hydroxyl groups is 1. The quantitative estimate of drug-likeness (QED) is 0.555. The molecule has 0 bridgehead atoms. The van der Waals surface area contributed by atoms with Crippen LogP contribution in [0, 0.1) is 17.8 Å². The van der Waals surface area contributed by atoms with Gasteiger partial charge in [0, 0.05) is 5.92 Å². The summed E-state index contributed by atoms with van der Waals surface area (Å²) in [5.74, 6) is -5.23. The minimum atomic E-state index is -2.37. The van der Waals surface area contributed by atoms with Crippen molar-refractivity contribution in [1.29, 1.82) is 0 Å². The number of Topliss-reactive ketones (excluding diaryl/α,β-unsaturated/α-hetero) is 4.